The monoisotopic (exact) mass is 356 g/mol. The fourth-order valence-corrected chi connectivity index (χ4v) is 2.69. The van der Waals surface area contributed by atoms with E-state index in [2.05, 4.69) is 15.9 Å². The molecule has 1 unspecified atom stereocenters. The Labute approximate surface area is 121 Å². The molecule has 0 aliphatic rings. The Kier molecular flexibility index (Phi) is 5.73. The van der Waals surface area contributed by atoms with Crippen LogP contribution in [0.2, 0.25) is 0 Å². The van der Waals surface area contributed by atoms with Gasteiger partial charge in [-0.3, -0.25) is 4.79 Å². The highest BCUT2D eigenvalue weighted by Gasteiger charge is 2.32. The number of carbonyl (C=O) groups is 1. The summed E-state index contributed by atoms with van der Waals surface area (Å²) < 4.78 is 42.8. The molecule has 0 bridgehead atoms. The Hall–Kier alpha value is -0.690. The summed E-state index contributed by atoms with van der Waals surface area (Å²) in [6.45, 7) is 3.42. The van der Waals surface area contributed by atoms with E-state index in [0.717, 1.165) is 0 Å². The summed E-state index contributed by atoms with van der Waals surface area (Å²) in [6.07, 6.45) is 0. The molecule has 0 saturated heterocycles. The first-order valence-electron chi connectivity index (χ1n) is 5.41. The van der Waals surface area contributed by atoms with Crippen LogP contribution in [0.3, 0.4) is 0 Å². The average Bonchev–Trinajstić information content (AvgIpc) is 2.26. The van der Waals surface area contributed by atoms with Crippen molar-refractivity contribution in [3.8, 4) is 5.75 Å². The quantitative estimate of drug-likeness (QED) is 0.563. The summed E-state index contributed by atoms with van der Waals surface area (Å²) in [5, 5.41) is 0. The van der Waals surface area contributed by atoms with E-state index in [1.54, 1.807) is 13.0 Å². The van der Waals surface area contributed by atoms with Crippen LogP contribution in [0.25, 0.3) is 0 Å². The molecule has 0 spiro atoms. The molecule has 106 valence electrons. The van der Waals surface area contributed by atoms with E-state index < -0.39 is 10.3 Å². The number of benzene rings is 1. The molecule has 0 N–H and O–H groups in total. The van der Waals surface area contributed by atoms with Gasteiger partial charge in [0, 0.05) is 4.90 Å². The molecule has 1 aromatic rings. The molecule has 1 aromatic carbocycles. The van der Waals surface area contributed by atoms with Crippen molar-refractivity contribution < 1.29 is 22.7 Å². The lowest BCUT2D eigenvalue weighted by Crippen LogP contribution is -2.06. The minimum absolute atomic E-state index is 0.0319. The fraction of sp³-hybridized carbons (Fsp3) is 0.417. The molecule has 0 aromatic heterocycles. The average molecular weight is 357 g/mol. The van der Waals surface area contributed by atoms with Crippen molar-refractivity contribution in [3.05, 3.63) is 23.8 Å². The number of hydrogen-bond acceptors (Lipinski definition) is 3. The van der Waals surface area contributed by atoms with Gasteiger partial charge in [-0.1, -0.05) is 22.0 Å². The van der Waals surface area contributed by atoms with Gasteiger partial charge >= 0.3 is 5.51 Å². The van der Waals surface area contributed by atoms with E-state index >= 15 is 0 Å². The van der Waals surface area contributed by atoms with E-state index in [1.807, 2.05) is 0 Å². The molecule has 1 atom stereocenters. The molecule has 19 heavy (non-hydrogen) atoms. The molecule has 2 nitrogen and oxygen atoms in total. The largest absolute Gasteiger partial charge is 0.494 e. The molecule has 0 aliphatic carbocycles. The number of ketones is 1. The topological polar surface area (TPSA) is 26.3 Å². The summed E-state index contributed by atoms with van der Waals surface area (Å²) in [6, 6.07) is 4.32. The van der Waals surface area contributed by atoms with Crippen molar-refractivity contribution in [1.82, 2.24) is 0 Å². The third-order valence-electron chi connectivity index (χ3n) is 2.15. The van der Waals surface area contributed by atoms with Crippen LogP contribution in [0, 0.1) is 0 Å². The number of alkyl halides is 4. The first-order valence-corrected chi connectivity index (χ1v) is 7.14. The minimum Gasteiger partial charge on any atom is -0.494 e. The second-order valence-corrected chi connectivity index (χ2v) is 5.68. The van der Waals surface area contributed by atoms with Gasteiger partial charge in [0.1, 0.15) is 11.5 Å². The molecule has 0 aliphatic heterocycles. The van der Waals surface area contributed by atoms with Gasteiger partial charge in [0.05, 0.1) is 11.4 Å². The van der Waals surface area contributed by atoms with Gasteiger partial charge in [-0.15, -0.1) is 0 Å². The highest BCUT2D eigenvalue weighted by atomic mass is 79.9. The zero-order valence-electron chi connectivity index (χ0n) is 10.3. The Balaban J connectivity index is 3.18. The number of Topliss-reactive ketones (excluding diaryl/α,β-unsaturated/α-hetero) is 1. The summed E-state index contributed by atoms with van der Waals surface area (Å²) in [5.41, 5.74) is -4.12. The van der Waals surface area contributed by atoms with Gasteiger partial charge in [0.15, 0.2) is 0 Å². The summed E-state index contributed by atoms with van der Waals surface area (Å²) in [4.78, 5) is 10.5. The van der Waals surface area contributed by atoms with E-state index in [0.29, 0.717) is 17.9 Å². The van der Waals surface area contributed by atoms with Crippen LogP contribution in [0.15, 0.2) is 23.1 Å². The van der Waals surface area contributed by atoms with Crippen molar-refractivity contribution in [3.63, 3.8) is 0 Å². The second-order valence-electron chi connectivity index (χ2n) is 3.65. The number of halogens is 4. The van der Waals surface area contributed by atoms with E-state index in [9.17, 15) is 18.0 Å². The van der Waals surface area contributed by atoms with Gasteiger partial charge < -0.3 is 4.74 Å². The predicted octanol–water partition coefficient (Wildman–Crippen LogP) is 4.72. The van der Waals surface area contributed by atoms with Crippen molar-refractivity contribution in [2.24, 2.45) is 0 Å². The van der Waals surface area contributed by atoms with Gasteiger partial charge in [-0.05, 0) is 43.3 Å². The number of rotatable bonds is 5. The van der Waals surface area contributed by atoms with Crippen LogP contribution in [0.5, 0.6) is 5.75 Å². The second kappa shape index (κ2) is 6.65. The Bertz CT molecular complexity index is 463. The van der Waals surface area contributed by atoms with E-state index in [-0.39, 0.29) is 22.4 Å². The van der Waals surface area contributed by atoms with Crippen LogP contribution in [-0.2, 0) is 4.79 Å². The van der Waals surface area contributed by atoms with Gasteiger partial charge in [0.25, 0.3) is 0 Å². The summed E-state index contributed by atoms with van der Waals surface area (Å²) in [7, 11) is 0. The number of ether oxygens (including phenoxy) is 1. The first kappa shape index (κ1) is 16.4. The smallest absolute Gasteiger partial charge is 0.446 e. The van der Waals surface area contributed by atoms with Crippen LogP contribution >= 0.6 is 27.7 Å². The Morgan fingerprint density at radius 2 is 2.11 bits per heavy atom. The highest BCUT2D eigenvalue weighted by Crippen LogP contribution is 2.43. The maximum absolute atomic E-state index is 12.5. The number of thioether (sulfide) groups is 1. The van der Waals surface area contributed by atoms with Crippen LogP contribution in [-0.4, -0.2) is 17.9 Å². The molecule has 0 fully saturated rings. The zero-order chi connectivity index (χ0) is 14.6. The summed E-state index contributed by atoms with van der Waals surface area (Å²) in [5.74, 6) is 0.0921. The van der Waals surface area contributed by atoms with Gasteiger partial charge in [-0.25, -0.2) is 0 Å². The van der Waals surface area contributed by atoms with Crippen LogP contribution in [0.4, 0.5) is 13.2 Å². The SMILES string of the molecule is CCOc1ccc(C(Br)C(C)=O)c(SC(F)(F)F)c1. The molecule has 0 amide bonds. The van der Waals surface area contributed by atoms with Crippen LogP contribution in [0.1, 0.15) is 24.2 Å². The minimum atomic E-state index is -4.41. The molecular weight excluding hydrogens is 345 g/mol. The predicted molar refractivity (Wildman–Crippen MR) is 71.9 cm³/mol. The molecule has 1 rings (SSSR count). The van der Waals surface area contributed by atoms with Gasteiger partial charge in [0.2, 0.25) is 0 Å². The normalized spacial score (nSPS) is 13.2. The third kappa shape index (κ3) is 5.06. The molecular formula is C12H12BrF3O2S. The summed E-state index contributed by atoms with van der Waals surface area (Å²) >= 11 is 2.85. The van der Waals surface area contributed by atoms with E-state index in [4.69, 9.17) is 4.74 Å². The van der Waals surface area contributed by atoms with Crippen LogP contribution < -0.4 is 4.74 Å². The maximum atomic E-state index is 12.5. The van der Waals surface area contributed by atoms with Gasteiger partial charge in [-0.2, -0.15) is 13.2 Å². The van der Waals surface area contributed by atoms with Crippen molar-refractivity contribution in [1.29, 1.82) is 0 Å². The standard InChI is InChI=1S/C12H12BrF3O2S/c1-3-18-8-4-5-9(11(13)7(2)17)10(6-8)19-12(14,15)16/h4-6,11H,3H2,1-2H3. The molecule has 0 radical (unpaired) electrons. The highest BCUT2D eigenvalue weighted by molar-refractivity contribution is 9.09. The lowest BCUT2D eigenvalue weighted by Gasteiger charge is -2.15. The van der Waals surface area contributed by atoms with E-state index in [1.165, 1.54) is 19.1 Å². The Morgan fingerprint density at radius 3 is 2.58 bits per heavy atom. The van der Waals surface area contributed by atoms with Crippen molar-refractivity contribution in [2.75, 3.05) is 6.61 Å². The maximum Gasteiger partial charge on any atom is 0.446 e. The van der Waals surface area contributed by atoms with Crippen molar-refractivity contribution >= 4 is 33.5 Å². The number of hydrogen-bond donors (Lipinski definition) is 0. The zero-order valence-corrected chi connectivity index (χ0v) is 12.7. The third-order valence-corrected chi connectivity index (χ3v) is 4.09. The lowest BCUT2D eigenvalue weighted by atomic mass is 10.1. The Morgan fingerprint density at radius 1 is 1.47 bits per heavy atom. The van der Waals surface area contributed by atoms with Crippen molar-refractivity contribution in [2.45, 2.75) is 29.1 Å². The first-order chi connectivity index (χ1) is 8.74. The molecule has 0 heterocycles. The number of carbonyl (C=O) groups excluding carboxylic acids is 1. The fourth-order valence-electron chi connectivity index (χ4n) is 1.41. The molecule has 0 saturated carbocycles. The molecule has 7 heteroatoms. The lowest BCUT2D eigenvalue weighted by molar-refractivity contribution is -0.116.